The fraction of sp³-hybridized carbons (Fsp3) is 0.0169. The number of rotatable bonds is 5. The molecule has 11 aromatic rings. The Labute approximate surface area is 364 Å². The van der Waals surface area contributed by atoms with Crippen molar-refractivity contribution in [1.82, 2.24) is 0 Å². The molecule has 0 fully saturated rings. The van der Waals surface area contributed by atoms with Crippen LogP contribution in [-0.4, -0.2) is 0 Å². The molecule has 0 radical (unpaired) electrons. The molecular formula is C59H37NOS. The van der Waals surface area contributed by atoms with Gasteiger partial charge in [0.25, 0.3) is 0 Å². The lowest BCUT2D eigenvalue weighted by Gasteiger charge is -2.40. The molecule has 1 aromatic heterocycles. The zero-order chi connectivity index (χ0) is 40.8. The maximum Gasteiger partial charge on any atom is 0.134 e. The fourth-order valence-corrected chi connectivity index (χ4v) is 11.6. The van der Waals surface area contributed by atoms with Crippen LogP contribution in [0, 0.1) is 0 Å². The molecule has 3 heteroatoms. The van der Waals surface area contributed by atoms with Gasteiger partial charge in [0.05, 0.1) is 5.41 Å². The topological polar surface area (TPSA) is 12.5 Å². The quantitative estimate of drug-likeness (QED) is 0.172. The summed E-state index contributed by atoms with van der Waals surface area (Å²) in [5, 5.41) is 4.91. The van der Waals surface area contributed by atoms with Gasteiger partial charge < -0.3 is 9.64 Å². The van der Waals surface area contributed by atoms with Crippen molar-refractivity contribution in [2.75, 3.05) is 4.90 Å². The first-order valence-electron chi connectivity index (χ1n) is 21.2. The summed E-state index contributed by atoms with van der Waals surface area (Å²) in [7, 11) is 0. The summed E-state index contributed by atoms with van der Waals surface area (Å²) < 4.78 is 9.62. The molecule has 0 atom stereocenters. The summed E-state index contributed by atoms with van der Waals surface area (Å²) in [5.41, 5.74) is 14.9. The van der Waals surface area contributed by atoms with Crippen LogP contribution in [-0.2, 0) is 5.41 Å². The van der Waals surface area contributed by atoms with Gasteiger partial charge in [0, 0.05) is 60.0 Å². The third-order valence-corrected chi connectivity index (χ3v) is 14.3. The number of anilines is 3. The Morgan fingerprint density at radius 1 is 0.355 bits per heavy atom. The third kappa shape index (κ3) is 5.16. The predicted molar refractivity (Wildman–Crippen MR) is 260 cm³/mol. The first-order valence-corrected chi connectivity index (χ1v) is 22.1. The molecule has 290 valence electrons. The standard InChI is InChI=1S/C59H37NOS/c1-2-14-38(15-3-1)40-26-28-41(29-27-40)49-35-45(36-50-48-20-8-13-25-57(48)62-58(49)50)60(43-31-30-39-16-4-5-17-42(39)34-43)44-32-33-54-56(37-44)61-55-24-12-11-23-53(55)59(54)51-21-9-6-18-46(51)47-19-7-10-22-52(47)59/h1-37H. The van der Waals surface area contributed by atoms with Gasteiger partial charge in [-0.25, -0.2) is 0 Å². The van der Waals surface area contributed by atoms with Crippen molar-refractivity contribution in [3.8, 4) is 44.9 Å². The maximum absolute atomic E-state index is 7.06. The molecule has 2 nitrogen and oxygen atoms in total. The Morgan fingerprint density at radius 3 is 1.76 bits per heavy atom. The van der Waals surface area contributed by atoms with Gasteiger partial charge in [-0.2, -0.15) is 0 Å². The van der Waals surface area contributed by atoms with Crippen LogP contribution in [0.5, 0.6) is 11.5 Å². The highest BCUT2D eigenvalue weighted by molar-refractivity contribution is 7.26. The lowest BCUT2D eigenvalue weighted by molar-refractivity contribution is 0.436. The van der Waals surface area contributed by atoms with E-state index in [1.54, 1.807) is 0 Å². The first-order chi connectivity index (χ1) is 30.7. The van der Waals surface area contributed by atoms with Gasteiger partial charge in [0.1, 0.15) is 11.5 Å². The van der Waals surface area contributed by atoms with Crippen LogP contribution >= 0.6 is 11.3 Å². The lowest BCUT2D eigenvalue weighted by Crippen LogP contribution is -2.32. The van der Waals surface area contributed by atoms with E-state index < -0.39 is 5.41 Å². The zero-order valence-electron chi connectivity index (χ0n) is 33.6. The van der Waals surface area contributed by atoms with Crippen LogP contribution in [0.2, 0.25) is 0 Å². The van der Waals surface area contributed by atoms with Crippen LogP contribution < -0.4 is 9.64 Å². The average molecular weight is 808 g/mol. The van der Waals surface area contributed by atoms with Crippen molar-refractivity contribution in [2.24, 2.45) is 0 Å². The third-order valence-electron chi connectivity index (χ3n) is 13.1. The van der Waals surface area contributed by atoms with Gasteiger partial charge in [0.2, 0.25) is 0 Å². The zero-order valence-corrected chi connectivity index (χ0v) is 34.4. The summed E-state index contributed by atoms with van der Waals surface area (Å²) >= 11 is 1.87. The second-order valence-corrected chi connectivity index (χ2v) is 17.5. The molecule has 13 rings (SSSR count). The minimum Gasteiger partial charge on any atom is -0.457 e. The molecule has 0 unspecified atom stereocenters. The second kappa shape index (κ2) is 13.7. The monoisotopic (exact) mass is 807 g/mol. The number of hydrogen-bond donors (Lipinski definition) is 0. The summed E-state index contributed by atoms with van der Waals surface area (Å²) in [5.74, 6) is 1.74. The highest BCUT2D eigenvalue weighted by Crippen LogP contribution is 2.62. The molecule has 2 heterocycles. The van der Waals surface area contributed by atoms with E-state index >= 15 is 0 Å². The van der Waals surface area contributed by atoms with E-state index in [0.717, 1.165) is 34.1 Å². The minimum atomic E-state index is -0.530. The van der Waals surface area contributed by atoms with E-state index in [4.69, 9.17) is 4.74 Å². The molecule has 0 bridgehead atoms. The molecule has 2 aliphatic rings. The van der Waals surface area contributed by atoms with E-state index in [0.29, 0.717) is 0 Å². The summed E-state index contributed by atoms with van der Waals surface area (Å²) in [6.45, 7) is 0. The van der Waals surface area contributed by atoms with Gasteiger partial charge in [0.15, 0.2) is 0 Å². The highest BCUT2D eigenvalue weighted by Gasteiger charge is 2.51. The Hall–Kier alpha value is -7.72. The number of hydrogen-bond acceptors (Lipinski definition) is 3. The molecule has 0 N–H and O–H groups in total. The first kappa shape index (κ1) is 35.1. The fourth-order valence-electron chi connectivity index (χ4n) is 10.4. The van der Waals surface area contributed by atoms with E-state index in [-0.39, 0.29) is 0 Å². The molecule has 62 heavy (non-hydrogen) atoms. The van der Waals surface area contributed by atoms with Crippen molar-refractivity contribution < 1.29 is 4.74 Å². The van der Waals surface area contributed by atoms with Crippen LogP contribution in [0.1, 0.15) is 22.3 Å². The molecule has 1 spiro atoms. The molecule has 0 saturated carbocycles. The largest absolute Gasteiger partial charge is 0.457 e. The molecule has 1 aliphatic carbocycles. The van der Waals surface area contributed by atoms with Gasteiger partial charge >= 0.3 is 0 Å². The van der Waals surface area contributed by atoms with Crippen LogP contribution in [0.15, 0.2) is 224 Å². The second-order valence-electron chi connectivity index (χ2n) is 16.4. The number of fused-ring (bicyclic) bond motifs is 13. The van der Waals surface area contributed by atoms with Gasteiger partial charge in [-0.15, -0.1) is 11.3 Å². The van der Waals surface area contributed by atoms with Gasteiger partial charge in [-0.1, -0.05) is 176 Å². The van der Waals surface area contributed by atoms with E-state index in [9.17, 15) is 0 Å². The highest BCUT2D eigenvalue weighted by atomic mass is 32.1. The van der Waals surface area contributed by atoms with Gasteiger partial charge in [-0.05, 0) is 92.2 Å². The Bertz CT molecular complexity index is 3520. The Morgan fingerprint density at radius 2 is 0.952 bits per heavy atom. The van der Waals surface area contributed by atoms with Crippen molar-refractivity contribution in [3.05, 3.63) is 247 Å². The number of ether oxygens (including phenoxy) is 1. The number of para-hydroxylation sites is 1. The Kier molecular flexibility index (Phi) is 7.72. The summed E-state index contributed by atoms with van der Waals surface area (Å²) in [4.78, 5) is 2.42. The minimum absolute atomic E-state index is 0.530. The maximum atomic E-state index is 7.06. The van der Waals surface area contributed by atoms with E-state index in [1.807, 2.05) is 11.3 Å². The van der Waals surface area contributed by atoms with Crippen molar-refractivity contribution in [1.29, 1.82) is 0 Å². The molecule has 0 saturated heterocycles. The van der Waals surface area contributed by atoms with Crippen LogP contribution in [0.4, 0.5) is 17.1 Å². The smallest absolute Gasteiger partial charge is 0.134 e. The number of thiophene rings is 1. The van der Waals surface area contributed by atoms with Crippen LogP contribution in [0.25, 0.3) is 64.3 Å². The molecule has 10 aromatic carbocycles. The van der Waals surface area contributed by atoms with Crippen molar-refractivity contribution >= 4 is 59.3 Å². The number of nitrogens with zero attached hydrogens (tertiary/aromatic N) is 1. The van der Waals surface area contributed by atoms with Crippen molar-refractivity contribution in [2.45, 2.75) is 5.41 Å². The predicted octanol–water partition coefficient (Wildman–Crippen LogP) is 16.5. The van der Waals surface area contributed by atoms with Gasteiger partial charge in [-0.3, -0.25) is 0 Å². The number of benzene rings is 10. The van der Waals surface area contributed by atoms with E-state index in [2.05, 4.69) is 229 Å². The molecule has 1 aliphatic heterocycles. The van der Waals surface area contributed by atoms with E-state index in [1.165, 1.54) is 81.0 Å². The average Bonchev–Trinajstić information content (AvgIpc) is 3.86. The van der Waals surface area contributed by atoms with Crippen molar-refractivity contribution in [3.63, 3.8) is 0 Å². The van der Waals surface area contributed by atoms with Crippen LogP contribution in [0.3, 0.4) is 0 Å². The summed E-state index contributed by atoms with van der Waals surface area (Å²) in [6, 6.07) is 82.1. The Balaban J connectivity index is 1.06. The molecule has 0 amide bonds. The molecular weight excluding hydrogens is 771 g/mol. The normalized spacial score (nSPS) is 13.1. The SMILES string of the molecule is c1ccc(-c2ccc(-c3cc(N(c4ccc5c(c4)Oc4ccccc4C54c5ccccc5-c5ccccc54)c4ccc5ccccc5c4)cc4c3sc3ccccc34)cc2)cc1. The summed E-state index contributed by atoms with van der Waals surface area (Å²) in [6.07, 6.45) is 0. The lowest BCUT2D eigenvalue weighted by atomic mass is 9.66.